The fourth-order valence-corrected chi connectivity index (χ4v) is 2.19. The van der Waals surface area contributed by atoms with Gasteiger partial charge in [0, 0.05) is 16.6 Å². The standard InChI is InChI=1S/C15H14BrNO2/c16-13-6-3-4-11(8-13)10-17-15(19)9-12-5-1-2-7-14(12)18/h1-8,18H,9-10H2,(H,17,19). The summed E-state index contributed by atoms with van der Waals surface area (Å²) in [5.41, 5.74) is 1.66. The lowest BCUT2D eigenvalue weighted by Crippen LogP contribution is -2.24. The summed E-state index contributed by atoms with van der Waals surface area (Å²) in [5.74, 6) is 0.0431. The first kappa shape index (κ1) is 13.6. The zero-order valence-corrected chi connectivity index (χ0v) is 11.9. The minimum atomic E-state index is -0.110. The molecule has 2 aromatic carbocycles. The molecule has 98 valence electrons. The number of para-hydroxylation sites is 1. The zero-order valence-electron chi connectivity index (χ0n) is 10.3. The van der Waals surface area contributed by atoms with E-state index in [9.17, 15) is 9.90 Å². The van der Waals surface area contributed by atoms with E-state index in [-0.39, 0.29) is 18.1 Å². The van der Waals surface area contributed by atoms with E-state index in [1.165, 1.54) is 0 Å². The van der Waals surface area contributed by atoms with Crippen LogP contribution in [0.15, 0.2) is 53.0 Å². The summed E-state index contributed by atoms with van der Waals surface area (Å²) in [6.45, 7) is 0.478. The van der Waals surface area contributed by atoms with Gasteiger partial charge in [-0.3, -0.25) is 4.79 Å². The quantitative estimate of drug-likeness (QED) is 0.910. The smallest absolute Gasteiger partial charge is 0.224 e. The molecule has 0 unspecified atom stereocenters. The SMILES string of the molecule is O=C(Cc1ccccc1O)NCc1cccc(Br)c1. The fourth-order valence-electron chi connectivity index (χ4n) is 1.74. The van der Waals surface area contributed by atoms with E-state index in [1.54, 1.807) is 24.3 Å². The minimum Gasteiger partial charge on any atom is -0.508 e. The molecule has 0 fully saturated rings. The number of aromatic hydroxyl groups is 1. The zero-order chi connectivity index (χ0) is 13.7. The van der Waals surface area contributed by atoms with E-state index in [0.717, 1.165) is 10.0 Å². The van der Waals surface area contributed by atoms with Crippen LogP contribution in [0.1, 0.15) is 11.1 Å². The number of carbonyl (C=O) groups is 1. The monoisotopic (exact) mass is 319 g/mol. The molecule has 0 aliphatic heterocycles. The molecule has 0 aliphatic rings. The highest BCUT2D eigenvalue weighted by molar-refractivity contribution is 9.10. The van der Waals surface area contributed by atoms with Gasteiger partial charge in [-0.1, -0.05) is 46.3 Å². The second-order valence-corrected chi connectivity index (χ2v) is 5.13. The lowest BCUT2D eigenvalue weighted by molar-refractivity contribution is -0.120. The van der Waals surface area contributed by atoms with Crippen LogP contribution in [0.25, 0.3) is 0 Å². The summed E-state index contributed by atoms with van der Waals surface area (Å²) in [5, 5.41) is 12.4. The van der Waals surface area contributed by atoms with E-state index >= 15 is 0 Å². The van der Waals surface area contributed by atoms with Gasteiger partial charge in [-0.2, -0.15) is 0 Å². The fraction of sp³-hybridized carbons (Fsp3) is 0.133. The van der Waals surface area contributed by atoms with Crippen LogP contribution >= 0.6 is 15.9 Å². The molecule has 0 atom stereocenters. The van der Waals surface area contributed by atoms with Gasteiger partial charge in [0.1, 0.15) is 5.75 Å². The summed E-state index contributed by atoms with van der Waals surface area (Å²) in [4.78, 5) is 11.8. The van der Waals surface area contributed by atoms with Crippen molar-refractivity contribution in [2.45, 2.75) is 13.0 Å². The second-order valence-electron chi connectivity index (χ2n) is 4.21. The van der Waals surface area contributed by atoms with Crippen LogP contribution in [-0.2, 0) is 17.8 Å². The van der Waals surface area contributed by atoms with E-state index < -0.39 is 0 Å². The molecule has 1 amide bonds. The normalized spacial score (nSPS) is 10.2. The number of phenols is 1. The largest absolute Gasteiger partial charge is 0.508 e. The topological polar surface area (TPSA) is 49.3 Å². The van der Waals surface area contributed by atoms with Crippen molar-refractivity contribution in [2.75, 3.05) is 0 Å². The molecule has 0 radical (unpaired) electrons. The highest BCUT2D eigenvalue weighted by Crippen LogP contribution is 2.16. The molecule has 2 aromatic rings. The number of hydrogen-bond donors (Lipinski definition) is 2. The number of hydrogen-bond acceptors (Lipinski definition) is 2. The Bertz CT molecular complexity index is 584. The van der Waals surface area contributed by atoms with Gasteiger partial charge in [-0.05, 0) is 23.8 Å². The third-order valence-corrected chi connectivity index (χ3v) is 3.21. The predicted molar refractivity (Wildman–Crippen MR) is 77.8 cm³/mol. The van der Waals surface area contributed by atoms with Crippen molar-refractivity contribution in [3.05, 3.63) is 64.1 Å². The first-order valence-corrected chi connectivity index (χ1v) is 6.72. The maximum atomic E-state index is 11.8. The molecule has 0 bridgehead atoms. The van der Waals surface area contributed by atoms with Crippen molar-refractivity contribution in [1.82, 2.24) is 5.32 Å². The Morgan fingerprint density at radius 1 is 1.16 bits per heavy atom. The third kappa shape index (κ3) is 4.10. The minimum absolute atomic E-state index is 0.110. The molecule has 0 spiro atoms. The Balaban J connectivity index is 1.90. The van der Waals surface area contributed by atoms with Gasteiger partial charge in [0.05, 0.1) is 6.42 Å². The summed E-state index contributed by atoms with van der Waals surface area (Å²) >= 11 is 3.39. The molecule has 3 nitrogen and oxygen atoms in total. The maximum Gasteiger partial charge on any atom is 0.224 e. The van der Waals surface area contributed by atoms with Gasteiger partial charge in [-0.25, -0.2) is 0 Å². The second kappa shape index (κ2) is 6.38. The Morgan fingerprint density at radius 2 is 1.95 bits per heavy atom. The van der Waals surface area contributed by atoms with Gasteiger partial charge in [0.25, 0.3) is 0 Å². The first-order valence-electron chi connectivity index (χ1n) is 5.93. The van der Waals surface area contributed by atoms with E-state index in [1.807, 2.05) is 24.3 Å². The molecule has 0 saturated carbocycles. The van der Waals surface area contributed by atoms with Crippen molar-refractivity contribution in [3.8, 4) is 5.75 Å². The lowest BCUT2D eigenvalue weighted by Gasteiger charge is -2.07. The average molecular weight is 320 g/mol. The number of nitrogens with one attached hydrogen (secondary N) is 1. The maximum absolute atomic E-state index is 11.8. The molecule has 0 aliphatic carbocycles. The molecule has 4 heteroatoms. The predicted octanol–water partition coefficient (Wildman–Crippen LogP) is 3.01. The lowest BCUT2D eigenvalue weighted by atomic mass is 10.1. The highest BCUT2D eigenvalue weighted by atomic mass is 79.9. The van der Waals surface area contributed by atoms with Gasteiger partial charge < -0.3 is 10.4 Å². The molecular weight excluding hydrogens is 306 g/mol. The van der Waals surface area contributed by atoms with Crippen LogP contribution in [0.3, 0.4) is 0 Å². The average Bonchev–Trinajstić information content (AvgIpc) is 2.39. The molecule has 2 N–H and O–H groups in total. The van der Waals surface area contributed by atoms with Crippen molar-refractivity contribution < 1.29 is 9.90 Å². The number of phenolic OH excluding ortho intramolecular Hbond substituents is 1. The van der Waals surface area contributed by atoms with Gasteiger partial charge in [0.2, 0.25) is 5.91 Å². The van der Waals surface area contributed by atoms with E-state index in [0.29, 0.717) is 12.1 Å². The van der Waals surface area contributed by atoms with Crippen molar-refractivity contribution in [1.29, 1.82) is 0 Å². The molecule has 0 heterocycles. The number of benzene rings is 2. The van der Waals surface area contributed by atoms with Crippen LogP contribution in [-0.4, -0.2) is 11.0 Å². The summed E-state index contributed by atoms with van der Waals surface area (Å²) in [7, 11) is 0. The molecule has 0 saturated heterocycles. The van der Waals surface area contributed by atoms with Gasteiger partial charge in [-0.15, -0.1) is 0 Å². The summed E-state index contributed by atoms with van der Waals surface area (Å²) in [6.07, 6.45) is 0.181. The highest BCUT2D eigenvalue weighted by Gasteiger charge is 2.06. The number of halogens is 1. The van der Waals surface area contributed by atoms with E-state index in [4.69, 9.17) is 0 Å². The van der Waals surface area contributed by atoms with Crippen LogP contribution in [0.5, 0.6) is 5.75 Å². The molecule has 19 heavy (non-hydrogen) atoms. The summed E-state index contributed by atoms with van der Waals surface area (Å²) < 4.78 is 0.986. The first-order chi connectivity index (χ1) is 9.15. The van der Waals surface area contributed by atoms with Crippen LogP contribution in [0.4, 0.5) is 0 Å². The Kier molecular flexibility index (Phi) is 4.58. The third-order valence-electron chi connectivity index (χ3n) is 2.72. The molecular formula is C15H14BrNO2. The van der Waals surface area contributed by atoms with Gasteiger partial charge >= 0.3 is 0 Å². The van der Waals surface area contributed by atoms with Gasteiger partial charge in [0.15, 0.2) is 0 Å². The van der Waals surface area contributed by atoms with E-state index in [2.05, 4.69) is 21.2 Å². The number of amides is 1. The molecule has 2 rings (SSSR count). The Hall–Kier alpha value is -1.81. The molecule has 0 aromatic heterocycles. The number of rotatable bonds is 4. The number of carbonyl (C=O) groups excluding carboxylic acids is 1. The van der Waals surface area contributed by atoms with Crippen LogP contribution < -0.4 is 5.32 Å². The van der Waals surface area contributed by atoms with Crippen molar-refractivity contribution in [3.63, 3.8) is 0 Å². The van der Waals surface area contributed by atoms with Crippen molar-refractivity contribution in [2.24, 2.45) is 0 Å². The Labute approximate surface area is 120 Å². The van der Waals surface area contributed by atoms with Crippen LogP contribution in [0, 0.1) is 0 Å². The summed E-state index contributed by atoms with van der Waals surface area (Å²) in [6, 6.07) is 14.6. The Morgan fingerprint density at radius 3 is 2.68 bits per heavy atom. The van der Waals surface area contributed by atoms with Crippen LogP contribution in [0.2, 0.25) is 0 Å². The van der Waals surface area contributed by atoms with Crippen molar-refractivity contribution >= 4 is 21.8 Å².